The van der Waals surface area contributed by atoms with Gasteiger partial charge >= 0.3 is 7.12 Å². The maximum absolute atomic E-state index is 9.29. The molecule has 4 nitrogen and oxygen atoms in total. The molecule has 1 rings (SSSR count). The maximum Gasteiger partial charge on any atom is 0.493 e. The lowest BCUT2D eigenvalue weighted by molar-refractivity contribution is 0.391. The third-order valence-electron chi connectivity index (χ3n) is 2.51. The van der Waals surface area contributed by atoms with Crippen LogP contribution in [0.2, 0.25) is 0 Å². The number of hydrogen-bond acceptors (Lipinski definition) is 4. The van der Waals surface area contributed by atoms with E-state index in [9.17, 15) is 10.0 Å². The lowest BCUT2D eigenvalue weighted by Crippen LogP contribution is -2.25. The van der Waals surface area contributed by atoms with E-state index in [0.29, 0.717) is 11.4 Å². The highest BCUT2D eigenvalue weighted by molar-refractivity contribution is 6.59. The molecule has 0 amide bonds. The van der Waals surface area contributed by atoms with Crippen LogP contribution in [0.5, 0.6) is 0 Å². The fraction of sp³-hybridized carbons (Fsp3) is 0.500. The Hall–Kier alpha value is -1.07. The predicted octanol–water partition coefficient (Wildman–Crippen LogP) is 0.913. The summed E-state index contributed by atoms with van der Waals surface area (Å²) < 4.78 is 5.01. The van der Waals surface area contributed by atoms with Gasteiger partial charge in [-0.05, 0) is 25.7 Å². The molecule has 2 N–H and O–H groups in total. The minimum Gasteiger partial charge on any atom is -0.481 e. The van der Waals surface area contributed by atoms with E-state index in [1.165, 1.54) is 13.3 Å². The minimum absolute atomic E-state index is 0.226. The normalized spacial score (nSPS) is 18.3. The van der Waals surface area contributed by atoms with E-state index in [0.717, 1.165) is 18.4 Å². The summed E-state index contributed by atoms with van der Waals surface area (Å²) in [6, 6.07) is 0. The molecule has 15 heavy (non-hydrogen) atoms. The monoisotopic (exact) mass is 209 g/mol. The van der Waals surface area contributed by atoms with Crippen molar-refractivity contribution in [2.24, 2.45) is 10.9 Å². The largest absolute Gasteiger partial charge is 0.493 e. The lowest BCUT2D eigenvalue weighted by Gasteiger charge is -2.12. The Labute approximate surface area is 90.1 Å². The smallest absolute Gasteiger partial charge is 0.481 e. The number of rotatable bonds is 4. The van der Waals surface area contributed by atoms with Crippen molar-refractivity contribution >= 4 is 13.0 Å². The van der Waals surface area contributed by atoms with Crippen LogP contribution >= 0.6 is 0 Å². The van der Waals surface area contributed by atoms with E-state index >= 15 is 0 Å². The number of hydrogen-bond donors (Lipinski definition) is 2. The zero-order valence-corrected chi connectivity index (χ0v) is 9.10. The Bertz CT molecular complexity index is 306. The van der Waals surface area contributed by atoms with Gasteiger partial charge in [-0.1, -0.05) is 12.2 Å². The van der Waals surface area contributed by atoms with Gasteiger partial charge in [0.1, 0.15) is 0 Å². The minimum atomic E-state index is -1.55. The van der Waals surface area contributed by atoms with E-state index < -0.39 is 7.12 Å². The van der Waals surface area contributed by atoms with E-state index in [-0.39, 0.29) is 5.90 Å². The maximum atomic E-state index is 9.29. The molecular formula is C10H16BNO3. The van der Waals surface area contributed by atoms with Crippen molar-refractivity contribution < 1.29 is 14.8 Å². The topological polar surface area (TPSA) is 62.0 Å². The molecule has 1 fully saturated rings. The summed E-state index contributed by atoms with van der Waals surface area (Å²) in [6.07, 6.45) is 3.50. The second kappa shape index (κ2) is 5.14. The van der Waals surface area contributed by atoms with Gasteiger partial charge in [0, 0.05) is 11.7 Å². The first-order chi connectivity index (χ1) is 7.11. The first kappa shape index (κ1) is 12.0. The number of ether oxygens (including phenoxy) is 1. The van der Waals surface area contributed by atoms with Gasteiger partial charge in [0.15, 0.2) is 0 Å². The molecule has 0 aromatic rings. The Morgan fingerprint density at radius 3 is 2.47 bits per heavy atom. The number of allylic oxidation sites excluding steroid dienone is 1. The van der Waals surface area contributed by atoms with Crippen LogP contribution in [0.15, 0.2) is 28.8 Å². The molecule has 0 aliphatic heterocycles. The van der Waals surface area contributed by atoms with Crippen molar-refractivity contribution in [3.63, 3.8) is 0 Å². The highest BCUT2D eigenvalue weighted by Crippen LogP contribution is 2.38. The standard InChI is InChI=1S/C10H16BNO3/c1-4-12-10(15-3)9(11(13)14)7(2)8-5-6-8/h4,8,13-14H,1,5-6H2,2-3H3. The fourth-order valence-corrected chi connectivity index (χ4v) is 1.53. The van der Waals surface area contributed by atoms with E-state index in [2.05, 4.69) is 11.6 Å². The molecule has 5 heteroatoms. The summed E-state index contributed by atoms with van der Waals surface area (Å²) in [7, 11) is -0.102. The van der Waals surface area contributed by atoms with Crippen molar-refractivity contribution in [2.75, 3.05) is 7.11 Å². The Morgan fingerprint density at radius 2 is 2.13 bits per heavy atom. The van der Waals surface area contributed by atoms with Crippen molar-refractivity contribution in [1.82, 2.24) is 0 Å². The first-order valence-corrected chi connectivity index (χ1v) is 4.91. The van der Waals surface area contributed by atoms with Crippen molar-refractivity contribution in [3.05, 3.63) is 23.8 Å². The molecule has 0 spiro atoms. The molecule has 1 saturated carbocycles. The molecule has 0 unspecified atom stereocenters. The molecule has 0 atom stereocenters. The molecule has 0 heterocycles. The quantitative estimate of drug-likeness (QED) is 0.411. The zero-order valence-electron chi connectivity index (χ0n) is 9.10. The number of methoxy groups -OCH3 is 1. The molecule has 0 radical (unpaired) electrons. The van der Waals surface area contributed by atoms with Gasteiger partial charge in [-0.3, -0.25) is 0 Å². The highest BCUT2D eigenvalue weighted by atomic mass is 16.5. The molecule has 0 aromatic carbocycles. The van der Waals surface area contributed by atoms with Gasteiger partial charge < -0.3 is 14.8 Å². The van der Waals surface area contributed by atoms with Crippen LogP contribution in [0, 0.1) is 5.92 Å². The summed E-state index contributed by atoms with van der Waals surface area (Å²) in [5, 5.41) is 18.6. The van der Waals surface area contributed by atoms with Crippen LogP contribution < -0.4 is 0 Å². The van der Waals surface area contributed by atoms with Crippen molar-refractivity contribution in [3.8, 4) is 0 Å². The third-order valence-corrected chi connectivity index (χ3v) is 2.51. The van der Waals surface area contributed by atoms with Crippen LogP contribution in [0.4, 0.5) is 0 Å². The Balaban J connectivity index is 3.04. The molecule has 82 valence electrons. The van der Waals surface area contributed by atoms with E-state index in [1.54, 1.807) is 0 Å². The summed E-state index contributed by atoms with van der Waals surface area (Å²) in [5.74, 6) is 0.663. The summed E-state index contributed by atoms with van der Waals surface area (Å²) in [4.78, 5) is 3.88. The average Bonchev–Trinajstić information content (AvgIpc) is 2.99. The van der Waals surface area contributed by atoms with Gasteiger partial charge in [-0.25, -0.2) is 4.99 Å². The van der Waals surface area contributed by atoms with E-state index in [4.69, 9.17) is 4.74 Å². The van der Waals surface area contributed by atoms with Gasteiger partial charge in [0.25, 0.3) is 0 Å². The lowest BCUT2D eigenvalue weighted by atomic mass is 9.75. The van der Waals surface area contributed by atoms with Crippen LogP contribution in [-0.4, -0.2) is 30.2 Å². The van der Waals surface area contributed by atoms with Crippen LogP contribution in [-0.2, 0) is 4.74 Å². The predicted molar refractivity (Wildman–Crippen MR) is 60.3 cm³/mol. The summed E-state index contributed by atoms with van der Waals surface area (Å²) in [5.41, 5.74) is 1.30. The SMILES string of the molecule is C=CN=C(OC)C(B(O)O)=C(C)C1CC1. The molecule has 0 aromatic heterocycles. The van der Waals surface area contributed by atoms with Gasteiger partial charge in [0.05, 0.1) is 7.11 Å². The highest BCUT2D eigenvalue weighted by Gasteiger charge is 2.32. The zero-order chi connectivity index (χ0) is 11.4. The second-order valence-electron chi connectivity index (χ2n) is 3.57. The summed E-state index contributed by atoms with van der Waals surface area (Å²) in [6.45, 7) is 5.34. The molecule has 0 bridgehead atoms. The first-order valence-electron chi connectivity index (χ1n) is 4.91. The molecule has 1 aliphatic rings. The van der Waals surface area contributed by atoms with Gasteiger partial charge in [-0.2, -0.15) is 0 Å². The molecule has 1 aliphatic carbocycles. The third kappa shape index (κ3) is 2.94. The van der Waals surface area contributed by atoms with E-state index in [1.807, 2.05) is 6.92 Å². The van der Waals surface area contributed by atoms with Gasteiger partial charge in [0.2, 0.25) is 5.90 Å². The number of aliphatic imine (C=N–C) groups is 1. The molecular weight excluding hydrogens is 193 g/mol. The van der Waals surface area contributed by atoms with Crippen LogP contribution in [0.1, 0.15) is 19.8 Å². The Morgan fingerprint density at radius 1 is 1.53 bits per heavy atom. The Kier molecular flexibility index (Phi) is 4.11. The number of nitrogens with zero attached hydrogens (tertiary/aromatic N) is 1. The molecule has 0 saturated heterocycles. The average molecular weight is 209 g/mol. The van der Waals surface area contributed by atoms with Crippen LogP contribution in [0.25, 0.3) is 0 Å². The second-order valence-corrected chi connectivity index (χ2v) is 3.57. The van der Waals surface area contributed by atoms with Crippen molar-refractivity contribution in [2.45, 2.75) is 19.8 Å². The van der Waals surface area contributed by atoms with Crippen LogP contribution in [0.3, 0.4) is 0 Å². The van der Waals surface area contributed by atoms with Crippen molar-refractivity contribution in [1.29, 1.82) is 0 Å². The fourth-order valence-electron chi connectivity index (χ4n) is 1.53. The summed E-state index contributed by atoms with van der Waals surface area (Å²) >= 11 is 0. The van der Waals surface area contributed by atoms with Gasteiger partial charge in [-0.15, -0.1) is 0 Å².